The normalized spacial score (nSPS) is 11.9. The van der Waals surface area contributed by atoms with Crippen molar-refractivity contribution < 1.29 is 27.1 Å². The van der Waals surface area contributed by atoms with Crippen molar-refractivity contribution in [2.75, 3.05) is 6.54 Å². The van der Waals surface area contributed by atoms with Crippen molar-refractivity contribution in [1.82, 2.24) is 4.72 Å². The van der Waals surface area contributed by atoms with E-state index in [0.29, 0.717) is 0 Å². The molecule has 1 heterocycles. The first-order valence-corrected chi connectivity index (χ1v) is 7.18. The van der Waals surface area contributed by atoms with Gasteiger partial charge in [0.2, 0.25) is 5.09 Å². The van der Waals surface area contributed by atoms with Crippen molar-refractivity contribution >= 4 is 42.9 Å². The molecule has 0 saturated heterocycles. The number of nitrogens with one attached hydrogen (secondary N) is 1. The van der Waals surface area contributed by atoms with E-state index in [4.69, 9.17) is 9.52 Å². The molecule has 2 aromatic rings. The molecule has 102 valence electrons. The minimum atomic E-state index is -4.18. The Bertz CT molecular complexity index is 755. The van der Waals surface area contributed by atoms with Gasteiger partial charge in [0.1, 0.15) is 6.54 Å². The second-order valence-corrected chi connectivity index (χ2v) is 6.00. The molecule has 0 unspecified atom stereocenters. The van der Waals surface area contributed by atoms with Gasteiger partial charge in [-0.2, -0.15) is 4.72 Å². The molecule has 0 atom stereocenters. The third-order valence-electron chi connectivity index (χ3n) is 2.23. The molecule has 9 heteroatoms. The number of carbonyl (C=O) groups is 1. The Morgan fingerprint density at radius 2 is 2.16 bits per heavy atom. The summed E-state index contributed by atoms with van der Waals surface area (Å²) in [6.45, 7) is -0.797. The molecule has 0 amide bonds. The first kappa shape index (κ1) is 14.0. The Balaban J connectivity index is 2.54. The van der Waals surface area contributed by atoms with E-state index in [2.05, 4.69) is 15.9 Å². The Morgan fingerprint density at radius 3 is 2.74 bits per heavy atom. The fourth-order valence-electron chi connectivity index (χ4n) is 1.43. The van der Waals surface area contributed by atoms with Gasteiger partial charge in [0.05, 0.1) is 4.47 Å². The first-order valence-electron chi connectivity index (χ1n) is 4.91. The van der Waals surface area contributed by atoms with Crippen molar-refractivity contribution in [1.29, 1.82) is 0 Å². The maximum absolute atomic E-state index is 13.5. The van der Waals surface area contributed by atoms with Crippen LogP contribution < -0.4 is 4.72 Å². The fraction of sp³-hybridized carbons (Fsp3) is 0.100. The predicted octanol–water partition coefficient (Wildman–Crippen LogP) is 1.70. The van der Waals surface area contributed by atoms with E-state index in [1.165, 1.54) is 12.1 Å². The van der Waals surface area contributed by atoms with Crippen molar-refractivity contribution in [3.8, 4) is 0 Å². The molecule has 6 nitrogen and oxygen atoms in total. The standard InChI is InChI=1S/C10H7BrFNO5S/c11-8-5-2-1-3-6(12)9(5)18-10(8)19(16,17)13-4-7(14)15/h1-3,13H,4H2,(H,14,15). The van der Waals surface area contributed by atoms with Crippen LogP contribution in [0.15, 0.2) is 32.2 Å². The summed E-state index contributed by atoms with van der Waals surface area (Å²) in [5.74, 6) is -2.06. The van der Waals surface area contributed by atoms with Crippen LogP contribution in [0.25, 0.3) is 11.0 Å². The third-order valence-corrected chi connectivity index (χ3v) is 4.58. The lowest BCUT2D eigenvalue weighted by Gasteiger charge is -2.01. The lowest BCUT2D eigenvalue weighted by molar-refractivity contribution is -0.135. The minimum absolute atomic E-state index is 0.0416. The van der Waals surface area contributed by atoms with Crippen molar-refractivity contribution in [2.45, 2.75) is 5.09 Å². The number of sulfonamides is 1. The molecule has 2 N–H and O–H groups in total. The molecule has 1 aromatic carbocycles. The second kappa shape index (κ2) is 4.91. The van der Waals surface area contributed by atoms with Crippen LogP contribution in [-0.2, 0) is 14.8 Å². The zero-order valence-electron chi connectivity index (χ0n) is 9.18. The molecule has 0 spiro atoms. The van der Waals surface area contributed by atoms with Gasteiger partial charge >= 0.3 is 5.97 Å². The van der Waals surface area contributed by atoms with E-state index in [1.807, 2.05) is 4.72 Å². The number of benzene rings is 1. The average molecular weight is 352 g/mol. The minimum Gasteiger partial charge on any atom is -0.480 e. The highest BCUT2D eigenvalue weighted by molar-refractivity contribution is 9.10. The zero-order chi connectivity index (χ0) is 14.2. The fourth-order valence-corrected chi connectivity index (χ4v) is 3.44. The van der Waals surface area contributed by atoms with E-state index < -0.39 is 33.4 Å². The predicted molar refractivity (Wildman–Crippen MR) is 66.7 cm³/mol. The quantitative estimate of drug-likeness (QED) is 0.873. The first-order chi connectivity index (χ1) is 8.83. The number of furan rings is 1. The number of hydrogen-bond acceptors (Lipinski definition) is 4. The molecule has 1 aromatic heterocycles. The monoisotopic (exact) mass is 351 g/mol. The van der Waals surface area contributed by atoms with Crippen LogP contribution in [0.2, 0.25) is 0 Å². The Labute approximate surface area is 115 Å². The highest BCUT2D eigenvalue weighted by Crippen LogP contribution is 2.34. The molecule has 0 aliphatic heterocycles. The van der Waals surface area contributed by atoms with Gasteiger partial charge in [0, 0.05) is 5.39 Å². The molecule has 19 heavy (non-hydrogen) atoms. The van der Waals surface area contributed by atoms with Gasteiger partial charge in [0.15, 0.2) is 11.4 Å². The van der Waals surface area contributed by atoms with Crippen LogP contribution in [0.4, 0.5) is 4.39 Å². The van der Waals surface area contributed by atoms with Gasteiger partial charge in [-0.25, -0.2) is 12.8 Å². The highest BCUT2D eigenvalue weighted by Gasteiger charge is 2.26. The number of fused-ring (bicyclic) bond motifs is 1. The topological polar surface area (TPSA) is 96.6 Å². The van der Waals surface area contributed by atoms with E-state index in [1.54, 1.807) is 0 Å². The molecule has 0 radical (unpaired) electrons. The Kier molecular flexibility index (Phi) is 3.61. The summed E-state index contributed by atoms with van der Waals surface area (Å²) in [4.78, 5) is 10.4. The molecular formula is C10H7BrFNO5S. The Morgan fingerprint density at radius 1 is 1.47 bits per heavy atom. The number of carboxylic acid groups (broad SMARTS) is 1. The lowest BCUT2D eigenvalue weighted by Crippen LogP contribution is -2.29. The van der Waals surface area contributed by atoms with Crippen LogP contribution in [0, 0.1) is 5.82 Å². The average Bonchev–Trinajstić information content (AvgIpc) is 2.67. The van der Waals surface area contributed by atoms with Gasteiger partial charge in [-0.15, -0.1) is 0 Å². The van der Waals surface area contributed by atoms with Crippen LogP contribution >= 0.6 is 15.9 Å². The summed E-state index contributed by atoms with van der Waals surface area (Å²) in [7, 11) is -4.18. The molecular weight excluding hydrogens is 345 g/mol. The van der Waals surface area contributed by atoms with Gasteiger partial charge < -0.3 is 9.52 Å². The summed E-state index contributed by atoms with van der Waals surface area (Å²) in [5.41, 5.74) is -0.218. The van der Waals surface area contributed by atoms with Crippen LogP contribution in [-0.4, -0.2) is 26.0 Å². The summed E-state index contributed by atoms with van der Waals surface area (Å²) in [6, 6.07) is 4.00. The van der Waals surface area contributed by atoms with E-state index >= 15 is 0 Å². The number of carboxylic acids is 1. The summed E-state index contributed by atoms with van der Waals surface area (Å²) in [5, 5.41) is 8.13. The smallest absolute Gasteiger partial charge is 0.318 e. The lowest BCUT2D eigenvalue weighted by atomic mass is 10.2. The SMILES string of the molecule is O=C(O)CNS(=O)(=O)c1oc2c(F)cccc2c1Br. The van der Waals surface area contributed by atoms with E-state index in [9.17, 15) is 17.6 Å². The largest absolute Gasteiger partial charge is 0.480 e. The summed E-state index contributed by atoms with van der Waals surface area (Å²) < 4.78 is 43.9. The summed E-state index contributed by atoms with van der Waals surface area (Å²) >= 11 is 3.00. The van der Waals surface area contributed by atoms with Crippen LogP contribution in [0.3, 0.4) is 0 Å². The van der Waals surface area contributed by atoms with Crippen molar-refractivity contribution in [3.05, 3.63) is 28.5 Å². The van der Waals surface area contributed by atoms with Crippen LogP contribution in [0.1, 0.15) is 0 Å². The Hall–Kier alpha value is -1.45. The van der Waals surface area contributed by atoms with Gasteiger partial charge in [0.25, 0.3) is 10.0 Å². The maximum atomic E-state index is 13.5. The number of halogens is 2. The molecule has 0 aliphatic carbocycles. The molecule has 0 aliphatic rings. The van der Waals surface area contributed by atoms with Crippen molar-refractivity contribution in [2.24, 2.45) is 0 Å². The third kappa shape index (κ3) is 2.62. The van der Waals surface area contributed by atoms with Gasteiger partial charge in [-0.05, 0) is 28.1 Å². The van der Waals surface area contributed by atoms with Crippen molar-refractivity contribution in [3.63, 3.8) is 0 Å². The molecule has 0 fully saturated rings. The second-order valence-electron chi connectivity index (χ2n) is 3.54. The number of aliphatic carboxylic acids is 1. The van der Waals surface area contributed by atoms with E-state index in [-0.39, 0.29) is 15.4 Å². The summed E-state index contributed by atoms with van der Waals surface area (Å²) in [6.07, 6.45) is 0. The number of rotatable bonds is 4. The maximum Gasteiger partial charge on any atom is 0.318 e. The van der Waals surface area contributed by atoms with E-state index in [0.717, 1.165) is 6.07 Å². The number of hydrogen-bond donors (Lipinski definition) is 2. The number of para-hydroxylation sites is 1. The molecule has 2 rings (SSSR count). The highest BCUT2D eigenvalue weighted by atomic mass is 79.9. The zero-order valence-corrected chi connectivity index (χ0v) is 11.6. The molecule has 0 saturated carbocycles. The molecule has 0 bridgehead atoms. The van der Waals surface area contributed by atoms with Crippen LogP contribution in [0.5, 0.6) is 0 Å². The van der Waals surface area contributed by atoms with Gasteiger partial charge in [-0.3, -0.25) is 4.79 Å². The van der Waals surface area contributed by atoms with Gasteiger partial charge in [-0.1, -0.05) is 6.07 Å².